The molecule has 0 aromatic carbocycles. The molecule has 6 aliphatic rings. The number of hydrogen-bond donors (Lipinski definition) is 7. The van der Waals surface area contributed by atoms with Crippen LogP contribution in [0, 0.1) is 28.6 Å². The van der Waals surface area contributed by atoms with Crippen LogP contribution in [0.1, 0.15) is 58.3 Å². The largest absolute Gasteiger partial charge is 0.458 e. The van der Waals surface area contributed by atoms with Gasteiger partial charge >= 0.3 is 5.97 Å². The van der Waals surface area contributed by atoms with Crippen molar-refractivity contribution >= 4 is 12.3 Å². The number of hydrogen-bond acceptors (Lipinski definition) is 12. The average Bonchev–Trinajstić information content (AvgIpc) is 3.49. The molecule has 1 saturated heterocycles. The molecule has 4 aliphatic carbocycles. The number of carbonyl (C=O) groups excluding carboxylic acids is 2. The standard InChI is InChI=1S/C29H42O12/c1-26-16(14-8-21(33)39-12-14)4-7-29(26,38)17-3-6-28(37)10-15(2-5-27(28,13-31)18(17)9-20(26)32)40-25-24(36)23(35)22(34)19(11-30)41-25/h8,13,15-20,22-25,30,32,34-38H,2-7,9-12H2,1H3/t15-,16-,17-,18-,19-,20+,22-,23+,24-,25-,26-,27-,28+,29-/m0/s1. The fourth-order valence-electron chi connectivity index (χ4n) is 9.80. The van der Waals surface area contributed by atoms with Gasteiger partial charge in [0.15, 0.2) is 6.29 Å². The van der Waals surface area contributed by atoms with E-state index in [9.17, 15) is 45.3 Å². The number of carbonyl (C=O) groups is 2. The molecule has 0 spiro atoms. The molecule has 0 aromatic heterocycles. The molecule has 5 fully saturated rings. The van der Waals surface area contributed by atoms with Crippen LogP contribution < -0.4 is 0 Å². The molecule has 12 nitrogen and oxygen atoms in total. The summed E-state index contributed by atoms with van der Waals surface area (Å²) in [7, 11) is 0. The molecule has 2 heterocycles. The van der Waals surface area contributed by atoms with Crippen molar-refractivity contribution in [3.63, 3.8) is 0 Å². The van der Waals surface area contributed by atoms with Crippen molar-refractivity contribution in [2.45, 2.75) is 112 Å². The molecule has 0 unspecified atom stereocenters. The SMILES string of the molecule is C[C@]12[C@H](O)C[C@H]3[C@H](CC[C@@]4(O)C[C@@H](O[C@H]5O[C@@H](CO)[C@H](O)[C@@H](O)[C@@H]5O)CC[C@]34C=O)[C@@]1(O)CC[C@H]2C1=CC(=O)OC1. The Morgan fingerprint density at radius 1 is 1.02 bits per heavy atom. The Balaban J connectivity index is 1.24. The van der Waals surface area contributed by atoms with E-state index in [4.69, 9.17) is 14.2 Å². The fraction of sp³-hybridized carbons (Fsp3) is 0.862. The van der Waals surface area contributed by atoms with Crippen molar-refractivity contribution in [2.24, 2.45) is 28.6 Å². The molecular weight excluding hydrogens is 540 g/mol. The first-order valence-corrected chi connectivity index (χ1v) is 14.8. The number of cyclic esters (lactones) is 1. The maximum atomic E-state index is 13.0. The molecular formula is C29H42O12. The molecule has 0 radical (unpaired) electrons. The van der Waals surface area contributed by atoms with E-state index in [2.05, 4.69) is 0 Å². The lowest BCUT2D eigenvalue weighted by Gasteiger charge is -2.66. The molecule has 2 aliphatic heterocycles. The number of aliphatic hydroxyl groups excluding tert-OH is 5. The molecule has 0 bridgehead atoms. The summed E-state index contributed by atoms with van der Waals surface area (Å²) >= 11 is 0. The summed E-state index contributed by atoms with van der Waals surface area (Å²) in [5.74, 6) is -1.51. The Bertz CT molecular complexity index is 1100. The molecule has 41 heavy (non-hydrogen) atoms. The van der Waals surface area contributed by atoms with E-state index in [1.165, 1.54) is 6.08 Å². The topological polar surface area (TPSA) is 203 Å². The van der Waals surface area contributed by atoms with E-state index >= 15 is 0 Å². The number of aliphatic hydroxyl groups is 7. The molecule has 0 amide bonds. The summed E-state index contributed by atoms with van der Waals surface area (Å²) in [6.45, 7) is 1.42. The van der Waals surface area contributed by atoms with Crippen molar-refractivity contribution < 1.29 is 59.5 Å². The minimum absolute atomic E-state index is 0.0325. The normalized spacial score (nSPS) is 54.9. The lowest BCUT2D eigenvalue weighted by atomic mass is 9.41. The van der Waals surface area contributed by atoms with E-state index in [0.717, 1.165) is 11.9 Å². The van der Waals surface area contributed by atoms with Gasteiger partial charge in [-0.05, 0) is 68.3 Å². The van der Waals surface area contributed by atoms with Gasteiger partial charge < -0.3 is 54.8 Å². The zero-order valence-corrected chi connectivity index (χ0v) is 23.2. The summed E-state index contributed by atoms with van der Waals surface area (Å²) < 4.78 is 16.6. The van der Waals surface area contributed by atoms with E-state index < -0.39 is 83.4 Å². The summed E-state index contributed by atoms with van der Waals surface area (Å²) in [5, 5.41) is 76.3. The highest BCUT2D eigenvalue weighted by Gasteiger charge is 2.74. The maximum Gasteiger partial charge on any atom is 0.331 e. The highest BCUT2D eigenvalue weighted by molar-refractivity contribution is 5.85. The second kappa shape index (κ2) is 10.0. The van der Waals surface area contributed by atoms with Crippen LogP contribution in [0.3, 0.4) is 0 Å². The number of ether oxygens (including phenoxy) is 3. The van der Waals surface area contributed by atoms with Gasteiger partial charge in [0, 0.05) is 17.9 Å². The minimum atomic E-state index is -1.60. The smallest absolute Gasteiger partial charge is 0.331 e. The van der Waals surface area contributed by atoms with Gasteiger partial charge in [0.05, 0.1) is 35.4 Å². The van der Waals surface area contributed by atoms with Gasteiger partial charge in [0.2, 0.25) is 0 Å². The second-order valence-electron chi connectivity index (χ2n) is 13.5. The van der Waals surface area contributed by atoms with Gasteiger partial charge in [-0.15, -0.1) is 0 Å². The van der Waals surface area contributed by atoms with Crippen molar-refractivity contribution in [2.75, 3.05) is 13.2 Å². The van der Waals surface area contributed by atoms with E-state index in [0.29, 0.717) is 25.7 Å². The van der Waals surface area contributed by atoms with Crippen molar-refractivity contribution in [1.82, 2.24) is 0 Å². The molecule has 14 atom stereocenters. The number of rotatable bonds is 5. The predicted octanol–water partition coefficient (Wildman–Crippen LogP) is -1.31. The van der Waals surface area contributed by atoms with Crippen LogP contribution in [0.4, 0.5) is 0 Å². The molecule has 230 valence electrons. The van der Waals surface area contributed by atoms with Gasteiger partial charge in [-0.2, -0.15) is 0 Å². The predicted molar refractivity (Wildman–Crippen MR) is 138 cm³/mol. The van der Waals surface area contributed by atoms with Gasteiger partial charge in [0.1, 0.15) is 37.3 Å². The molecule has 6 rings (SSSR count). The fourth-order valence-corrected chi connectivity index (χ4v) is 9.80. The van der Waals surface area contributed by atoms with Crippen LogP contribution in [-0.2, 0) is 23.8 Å². The summed E-state index contributed by atoms with van der Waals surface area (Å²) in [6.07, 6.45) is -4.20. The highest BCUT2D eigenvalue weighted by atomic mass is 16.7. The zero-order valence-electron chi connectivity index (χ0n) is 23.2. The summed E-state index contributed by atoms with van der Waals surface area (Å²) in [4.78, 5) is 24.8. The Morgan fingerprint density at radius 3 is 2.44 bits per heavy atom. The van der Waals surface area contributed by atoms with Crippen molar-refractivity contribution in [3.8, 4) is 0 Å². The maximum absolute atomic E-state index is 13.0. The van der Waals surface area contributed by atoms with E-state index in [1.807, 2.05) is 6.92 Å². The molecule has 0 aromatic rings. The van der Waals surface area contributed by atoms with Crippen LogP contribution in [0.5, 0.6) is 0 Å². The Morgan fingerprint density at radius 2 is 1.78 bits per heavy atom. The zero-order chi connectivity index (χ0) is 29.5. The van der Waals surface area contributed by atoms with Crippen LogP contribution in [0.2, 0.25) is 0 Å². The van der Waals surface area contributed by atoms with Gasteiger partial charge in [-0.3, -0.25) is 0 Å². The second-order valence-corrected chi connectivity index (χ2v) is 13.5. The quantitative estimate of drug-likeness (QED) is 0.115. The third-order valence-electron chi connectivity index (χ3n) is 12.1. The first-order chi connectivity index (χ1) is 19.3. The van der Waals surface area contributed by atoms with Gasteiger partial charge in [-0.25, -0.2) is 4.79 Å². The first kappa shape index (κ1) is 29.6. The summed E-state index contributed by atoms with van der Waals surface area (Å²) in [6, 6.07) is 0. The molecule has 4 saturated carbocycles. The minimum Gasteiger partial charge on any atom is -0.458 e. The molecule has 12 heteroatoms. The van der Waals surface area contributed by atoms with E-state index in [-0.39, 0.29) is 44.1 Å². The van der Waals surface area contributed by atoms with Gasteiger partial charge in [0.25, 0.3) is 0 Å². The first-order valence-electron chi connectivity index (χ1n) is 14.8. The third kappa shape index (κ3) is 3.99. The Labute approximate surface area is 237 Å². The van der Waals surface area contributed by atoms with Crippen LogP contribution >= 0.6 is 0 Å². The number of esters is 1. The Hall–Kier alpha value is -1.48. The summed E-state index contributed by atoms with van der Waals surface area (Å²) in [5.41, 5.74) is -4.24. The monoisotopic (exact) mass is 582 g/mol. The lowest BCUT2D eigenvalue weighted by molar-refractivity contribution is -0.324. The number of aldehydes is 1. The highest BCUT2D eigenvalue weighted by Crippen LogP contribution is 2.70. The van der Waals surface area contributed by atoms with Crippen molar-refractivity contribution in [3.05, 3.63) is 11.6 Å². The molecule has 7 N–H and O–H groups in total. The number of fused-ring (bicyclic) bond motifs is 5. The van der Waals surface area contributed by atoms with E-state index in [1.54, 1.807) is 0 Å². The van der Waals surface area contributed by atoms with Crippen molar-refractivity contribution in [1.29, 1.82) is 0 Å². The van der Waals surface area contributed by atoms with Crippen LogP contribution in [-0.4, -0.2) is 115 Å². The van der Waals surface area contributed by atoms with Crippen LogP contribution in [0.25, 0.3) is 0 Å². The van der Waals surface area contributed by atoms with Crippen LogP contribution in [0.15, 0.2) is 11.6 Å². The third-order valence-corrected chi connectivity index (χ3v) is 12.1. The average molecular weight is 583 g/mol. The Kier molecular flexibility index (Phi) is 7.24. The van der Waals surface area contributed by atoms with Gasteiger partial charge in [-0.1, -0.05) is 6.92 Å². The lowest BCUT2D eigenvalue weighted by Crippen LogP contribution is -2.71.